The molecule has 0 aliphatic rings. The lowest BCUT2D eigenvalue weighted by molar-refractivity contribution is 0.306. The molecule has 1 aromatic heterocycles. The van der Waals surface area contributed by atoms with Crippen LogP contribution in [0.15, 0.2) is 70.6 Å². The van der Waals surface area contributed by atoms with Gasteiger partial charge in [-0.05, 0) is 42.3 Å². The van der Waals surface area contributed by atoms with Crippen molar-refractivity contribution in [3.05, 3.63) is 87.8 Å². The smallest absolute Gasteiger partial charge is 0.252 e. The summed E-state index contributed by atoms with van der Waals surface area (Å²) in [5.41, 5.74) is 5.14. The Labute approximate surface area is 145 Å². The Morgan fingerprint density at radius 3 is 2.64 bits per heavy atom. The SMILES string of the molecule is Cc1cc(=O)[nH]c(N/N=C/c2ccc(OCc3ccccc3)cc2)n1. The highest BCUT2D eigenvalue weighted by atomic mass is 16.5. The zero-order chi connectivity index (χ0) is 17.5. The van der Waals surface area contributed by atoms with E-state index in [0.29, 0.717) is 18.2 Å². The molecule has 25 heavy (non-hydrogen) atoms. The van der Waals surface area contributed by atoms with Crippen LogP contribution in [0.25, 0.3) is 0 Å². The molecule has 6 heteroatoms. The Kier molecular flexibility index (Phi) is 5.21. The predicted molar refractivity (Wildman–Crippen MR) is 98.0 cm³/mol. The minimum absolute atomic E-state index is 0.217. The van der Waals surface area contributed by atoms with Gasteiger partial charge in [0.1, 0.15) is 12.4 Å². The van der Waals surface area contributed by atoms with E-state index in [4.69, 9.17) is 4.74 Å². The largest absolute Gasteiger partial charge is 0.489 e. The average Bonchev–Trinajstić information content (AvgIpc) is 2.61. The minimum Gasteiger partial charge on any atom is -0.489 e. The number of nitrogens with one attached hydrogen (secondary N) is 2. The van der Waals surface area contributed by atoms with Crippen LogP contribution in [0.4, 0.5) is 5.95 Å². The summed E-state index contributed by atoms with van der Waals surface area (Å²) in [4.78, 5) is 18.0. The van der Waals surface area contributed by atoms with Crippen molar-refractivity contribution >= 4 is 12.2 Å². The molecule has 0 saturated heterocycles. The standard InChI is InChI=1S/C19H18N4O2/c1-14-11-18(24)22-19(21-14)23-20-12-15-7-9-17(10-8-15)25-13-16-5-3-2-4-6-16/h2-12H,13H2,1H3,(H2,21,22,23,24)/b20-12+. The Morgan fingerprint density at radius 2 is 1.92 bits per heavy atom. The van der Waals surface area contributed by atoms with Crippen LogP contribution in [-0.4, -0.2) is 16.2 Å². The maximum atomic E-state index is 11.3. The Morgan fingerprint density at radius 1 is 1.16 bits per heavy atom. The molecule has 2 N–H and O–H groups in total. The molecule has 0 saturated carbocycles. The molecule has 2 aromatic carbocycles. The van der Waals surface area contributed by atoms with E-state index in [1.165, 1.54) is 6.07 Å². The fourth-order valence-electron chi connectivity index (χ4n) is 2.19. The van der Waals surface area contributed by atoms with E-state index in [2.05, 4.69) is 20.5 Å². The lowest BCUT2D eigenvalue weighted by Gasteiger charge is -2.06. The summed E-state index contributed by atoms with van der Waals surface area (Å²) in [7, 11) is 0. The van der Waals surface area contributed by atoms with Crippen LogP contribution in [0.3, 0.4) is 0 Å². The van der Waals surface area contributed by atoms with Crippen LogP contribution < -0.4 is 15.7 Å². The lowest BCUT2D eigenvalue weighted by atomic mass is 10.2. The van der Waals surface area contributed by atoms with Crippen LogP contribution >= 0.6 is 0 Å². The average molecular weight is 334 g/mol. The lowest BCUT2D eigenvalue weighted by Crippen LogP contribution is -2.10. The molecule has 0 aliphatic carbocycles. The second-order valence-corrected chi connectivity index (χ2v) is 5.45. The Hall–Kier alpha value is -3.41. The molecule has 0 radical (unpaired) electrons. The summed E-state index contributed by atoms with van der Waals surface area (Å²) in [5, 5.41) is 4.07. The number of aromatic nitrogens is 2. The van der Waals surface area contributed by atoms with E-state index in [1.54, 1.807) is 13.1 Å². The molecule has 3 aromatic rings. The summed E-state index contributed by atoms with van der Waals surface area (Å²) >= 11 is 0. The Bertz CT molecular complexity index is 903. The van der Waals surface area contributed by atoms with Crippen molar-refractivity contribution in [1.29, 1.82) is 0 Å². The zero-order valence-corrected chi connectivity index (χ0v) is 13.8. The van der Waals surface area contributed by atoms with Crippen LogP contribution in [0, 0.1) is 6.92 Å². The maximum Gasteiger partial charge on any atom is 0.252 e. The van der Waals surface area contributed by atoms with Gasteiger partial charge in [0.2, 0.25) is 5.95 Å². The number of anilines is 1. The normalized spacial score (nSPS) is 10.8. The van der Waals surface area contributed by atoms with Crippen molar-refractivity contribution in [2.24, 2.45) is 5.10 Å². The van der Waals surface area contributed by atoms with E-state index in [1.807, 2.05) is 54.6 Å². The van der Waals surface area contributed by atoms with Crippen LogP contribution in [0.2, 0.25) is 0 Å². The van der Waals surface area contributed by atoms with Crippen molar-refractivity contribution in [3.63, 3.8) is 0 Å². The number of H-pyrrole nitrogens is 1. The highest BCUT2D eigenvalue weighted by Crippen LogP contribution is 2.13. The topological polar surface area (TPSA) is 79.4 Å². The number of hydrogen-bond donors (Lipinski definition) is 2. The molecule has 0 atom stereocenters. The summed E-state index contributed by atoms with van der Waals surface area (Å²) in [5.74, 6) is 1.10. The summed E-state index contributed by atoms with van der Waals surface area (Å²) < 4.78 is 5.74. The predicted octanol–water partition coefficient (Wildman–Crippen LogP) is 3.10. The molecule has 1 heterocycles. The van der Waals surface area contributed by atoms with Crippen molar-refractivity contribution in [2.75, 3.05) is 5.43 Å². The molecule has 0 aliphatic heterocycles. The molecule has 126 valence electrons. The van der Waals surface area contributed by atoms with E-state index in [9.17, 15) is 4.79 Å². The first-order valence-electron chi connectivity index (χ1n) is 7.83. The number of nitrogens with zero attached hydrogens (tertiary/aromatic N) is 2. The summed E-state index contributed by atoms with van der Waals surface area (Å²) in [6, 6.07) is 19.0. The molecule has 0 unspecified atom stereocenters. The fraction of sp³-hybridized carbons (Fsp3) is 0.105. The van der Waals surface area contributed by atoms with Gasteiger partial charge in [-0.3, -0.25) is 9.78 Å². The van der Waals surface area contributed by atoms with E-state index in [-0.39, 0.29) is 5.56 Å². The van der Waals surface area contributed by atoms with Gasteiger partial charge in [0, 0.05) is 11.8 Å². The first-order chi connectivity index (χ1) is 12.2. The number of hydrogen-bond acceptors (Lipinski definition) is 5. The van der Waals surface area contributed by atoms with Crippen molar-refractivity contribution in [1.82, 2.24) is 9.97 Å². The van der Waals surface area contributed by atoms with Gasteiger partial charge < -0.3 is 4.74 Å². The molecule has 3 rings (SSSR count). The van der Waals surface area contributed by atoms with Gasteiger partial charge in [0.15, 0.2) is 0 Å². The molecule has 0 fully saturated rings. The van der Waals surface area contributed by atoms with Gasteiger partial charge in [-0.1, -0.05) is 30.3 Å². The van der Waals surface area contributed by atoms with Crippen LogP contribution in [-0.2, 0) is 6.61 Å². The number of benzene rings is 2. The first kappa shape index (κ1) is 16.4. The van der Waals surface area contributed by atoms with Crippen molar-refractivity contribution in [2.45, 2.75) is 13.5 Å². The monoisotopic (exact) mass is 334 g/mol. The third-order valence-corrected chi connectivity index (χ3v) is 3.38. The Balaban J connectivity index is 1.56. The van der Waals surface area contributed by atoms with Gasteiger partial charge in [-0.25, -0.2) is 10.4 Å². The third kappa shape index (κ3) is 5.04. The van der Waals surface area contributed by atoms with Crippen molar-refractivity contribution in [3.8, 4) is 5.75 Å². The van der Waals surface area contributed by atoms with E-state index in [0.717, 1.165) is 16.9 Å². The molecule has 0 amide bonds. The van der Waals surface area contributed by atoms with Gasteiger partial charge in [-0.15, -0.1) is 0 Å². The second-order valence-electron chi connectivity index (χ2n) is 5.45. The number of hydrazone groups is 1. The number of aromatic amines is 1. The first-order valence-corrected chi connectivity index (χ1v) is 7.83. The number of ether oxygens (including phenoxy) is 1. The van der Waals surface area contributed by atoms with Crippen molar-refractivity contribution < 1.29 is 4.74 Å². The number of aryl methyl sites for hydroxylation is 1. The van der Waals surface area contributed by atoms with Gasteiger partial charge >= 0.3 is 0 Å². The quantitative estimate of drug-likeness (QED) is 0.536. The van der Waals surface area contributed by atoms with Gasteiger partial charge in [0.25, 0.3) is 5.56 Å². The summed E-state index contributed by atoms with van der Waals surface area (Å²) in [6.45, 7) is 2.28. The van der Waals surface area contributed by atoms with Gasteiger partial charge in [-0.2, -0.15) is 5.10 Å². The molecular weight excluding hydrogens is 316 g/mol. The third-order valence-electron chi connectivity index (χ3n) is 3.38. The highest BCUT2D eigenvalue weighted by Gasteiger charge is 1.97. The molecule has 6 nitrogen and oxygen atoms in total. The molecule has 0 spiro atoms. The van der Waals surface area contributed by atoms with E-state index < -0.39 is 0 Å². The van der Waals surface area contributed by atoms with Crippen LogP contribution in [0.5, 0.6) is 5.75 Å². The maximum absolute atomic E-state index is 11.3. The summed E-state index contributed by atoms with van der Waals surface area (Å²) in [6.07, 6.45) is 1.64. The second kappa shape index (κ2) is 7.92. The fourth-order valence-corrected chi connectivity index (χ4v) is 2.19. The molecular formula is C19H18N4O2. The van der Waals surface area contributed by atoms with Crippen LogP contribution in [0.1, 0.15) is 16.8 Å². The molecule has 0 bridgehead atoms. The number of rotatable bonds is 6. The minimum atomic E-state index is -0.217. The van der Waals surface area contributed by atoms with E-state index >= 15 is 0 Å². The highest BCUT2D eigenvalue weighted by molar-refractivity contribution is 5.80. The zero-order valence-electron chi connectivity index (χ0n) is 13.8. The van der Waals surface area contributed by atoms with Gasteiger partial charge in [0.05, 0.1) is 6.21 Å².